The van der Waals surface area contributed by atoms with E-state index in [2.05, 4.69) is 46.6 Å². The van der Waals surface area contributed by atoms with Crippen LogP contribution < -0.4 is 10.2 Å². The molecule has 0 aliphatic heterocycles. The van der Waals surface area contributed by atoms with Gasteiger partial charge in [-0.25, -0.2) is 5.43 Å². The van der Waals surface area contributed by atoms with E-state index in [1.54, 1.807) is 12.1 Å². The van der Waals surface area contributed by atoms with Gasteiger partial charge in [0.05, 0.1) is 18.8 Å². The number of phenols is 1. The maximum atomic E-state index is 10.1. The number of aromatic hydroxyl groups is 1. The number of aromatic amines is 1. The van der Waals surface area contributed by atoms with Crippen LogP contribution in [0.25, 0.3) is 22.1 Å². The summed E-state index contributed by atoms with van der Waals surface area (Å²) >= 11 is 3.36. The number of anilines is 1. The number of para-hydroxylation sites is 1. The predicted octanol–water partition coefficient (Wildman–Crippen LogP) is 3.74. The van der Waals surface area contributed by atoms with Crippen LogP contribution in [0.4, 0.5) is 5.95 Å². The average Bonchev–Trinajstić information content (AvgIpc) is 3.03. The van der Waals surface area contributed by atoms with Crippen molar-refractivity contribution in [2.75, 3.05) is 12.5 Å². The smallest absolute Gasteiger partial charge is 0.265 e. The van der Waals surface area contributed by atoms with Gasteiger partial charge in [0.1, 0.15) is 5.52 Å². The number of hydrogen-bond acceptors (Lipinski definition) is 7. The van der Waals surface area contributed by atoms with Crippen molar-refractivity contribution in [3.8, 4) is 11.5 Å². The maximum absolute atomic E-state index is 10.1. The number of benzene rings is 2. The molecule has 3 N–H and O–H groups in total. The van der Waals surface area contributed by atoms with Crippen LogP contribution in [-0.4, -0.2) is 38.6 Å². The highest BCUT2D eigenvalue weighted by Crippen LogP contribution is 2.32. The molecule has 4 rings (SSSR count). The summed E-state index contributed by atoms with van der Waals surface area (Å²) in [6.07, 6.45) is 1.45. The van der Waals surface area contributed by atoms with Gasteiger partial charge in [0, 0.05) is 15.4 Å². The van der Waals surface area contributed by atoms with Crippen LogP contribution in [0.15, 0.2) is 39.9 Å². The molecule has 0 aliphatic rings. The van der Waals surface area contributed by atoms with E-state index in [1.807, 2.05) is 25.1 Å². The maximum Gasteiger partial charge on any atom is 0.265 e. The van der Waals surface area contributed by atoms with E-state index in [-0.39, 0.29) is 11.7 Å². The minimum Gasteiger partial charge on any atom is -0.504 e. The third kappa shape index (κ3) is 3.17. The predicted molar refractivity (Wildman–Crippen MR) is 108 cm³/mol. The second-order valence-electron chi connectivity index (χ2n) is 5.87. The Morgan fingerprint density at radius 3 is 2.96 bits per heavy atom. The first-order valence-corrected chi connectivity index (χ1v) is 8.83. The number of methoxy groups -OCH3 is 1. The average molecular weight is 427 g/mol. The van der Waals surface area contributed by atoms with E-state index < -0.39 is 0 Å². The first-order chi connectivity index (χ1) is 13.1. The van der Waals surface area contributed by atoms with Crippen molar-refractivity contribution in [1.82, 2.24) is 20.2 Å². The van der Waals surface area contributed by atoms with E-state index in [1.165, 1.54) is 13.3 Å². The monoisotopic (exact) mass is 426 g/mol. The van der Waals surface area contributed by atoms with Crippen LogP contribution >= 0.6 is 15.9 Å². The summed E-state index contributed by atoms with van der Waals surface area (Å²) < 4.78 is 5.87. The Kier molecular flexibility index (Phi) is 4.36. The van der Waals surface area contributed by atoms with Crippen LogP contribution in [0.3, 0.4) is 0 Å². The number of nitrogens with zero attached hydrogens (tertiary/aromatic N) is 4. The van der Waals surface area contributed by atoms with Gasteiger partial charge in [0.25, 0.3) is 5.95 Å². The molecule has 2 aromatic heterocycles. The summed E-state index contributed by atoms with van der Waals surface area (Å²) in [5.41, 5.74) is 6.63. The standard InChI is InChI=1S/C18H15BrN6O2/c1-9-4-3-5-12-14(9)21-17-15(12)23-25-18(22-17)24-20-8-10-6-11(19)7-13(27-2)16(10)26/h3-8,26H,1-2H3,(H2,21,22,24,25). The largest absolute Gasteiger partial charge is 0.504 e. The number of halogens is 1. The lowest BCUT2D eigenvalue weighted by atomic mass is 10.1. The molecular formula is C18H15BrN6O2. The van der Waals surface area contributed by atoms with Crippen LogP contribution in [0.5, 0.6) is 11.5 Å². The summed E-state index contributed by atoms with van der Waals surface area (Å²) in [5.74, 6) is 0.579. The number of nitrogens with one attached hydrogen (secondary N) is 2. The van der Waals surface area contributed by atoms with Gasteiger partial charge < -0.3 is 14.8 Å². The van der Waals surface area contributed by atoms with Crippen LogP contribution in [0, 0.1) is 6.92 Å². The number of phenolic OH excluding ortho intramolecular Hbond substituents is 1. The number of aryl methyl sites for hydroxylation is 1. The van der Waals surface area contributed by atoms with E-state index in [0.717, 1.165) is 20.9 Å². The molecule has 0 spiro atoms. The van der Waals surface area contributed by atoms with Crippen LogP contribution in [0.2, 0.25) is 0 Å². The highest BCUT2D eigenvalue weighted by molar-refractivity contribution is 9.10. The molecule has 4 aromatic rings. The highest BCUT2D eigenvalue weighted by atomic mass is 79.9. The minimum atomic E-state index is -0.00756. The topological polar surface area (TPSA) is 108 Å². The number of ether oxygens (including phenoxy) is 1. The molecule has 0 saturated carbocycles. The molecule has 136 valence electrons. The molecule has 2 heterocycles. The zero-order chi connectivity index (χ0) is 19.0. The fourth-order valence-corrected chi connectivity index (χ4v) is 3.25. The lowest BCUT2D eigenvalue weighted by Crippen LogP contribution is -1.99. The molecule has 0 atom stereocenters. The van der Waals surface area contributed by atoms with Gasteiger partial charge in [-0.1, -0.05) is 34.1 Å². The molecule has 27 heavy (non-hydrogen) atoms. The number of H-pyrrole nitrogens is 1. The first-order valence-electron chi connectivity index (χ1n) is 8.04. The second-order valence-corrected chi connectivity index (χ2v) is 6.79. The van der Waals surface area contributed by atoms with Crippen molar-refractivity contribution < 1.29 is 9.84 Å². The van der Waals surface area contributed by atoms with E-state index in [4.69, 9.17) is 4.74 Å². The summed E-state index contributed by atoms with van der Waals surface area (Å²) in [6.45, 7) is 2.02. The van der Waals surface area contributed by atoms with Crippen LogP contribution in [-0.2, 0) is 0 Å². The molecule has 0 fully saturated rings. The van der Waals surface area contributed by atoms with Gasteiger partial charge in [0.2, 0.25) is 0 Å². The van der Waals surface area contributed by atoms with Gasteiger partial charge in [-0.05, 0) is 24.6 Å². The number of fused-ring (bicyclic) bond motifs is 3. The summed E-state index contributed by atoms with van der Waals surface area (Å²) in [4.78, 5) is 7.67. The van der Waals surface area contributed by atoms with Gasteiger partial charge in [-0.15, -0.1) is 10.2 Å². The van der Waals surface area contributed by atoms with Gasteiger partial charge >= 0.3 is 0 Å². The van der Waals surface area contributed by atoms with Gasteiger partial charge in [-0.2, -0.15) is 10.1 Å². The lowest BCUT2D eigenvalue weighted by Gasteiger charge is -2.06. The van der Waals surface area contributed by atoms with Crippen molar-refractivity contribution in [2.45, 2.75) is 6.92 Å². The van der Waals surface area contributed by atoms with Crippen molar-refractivity contribution >= 4 is 50.2 Å². The quantitative estimate of drug-likeness (QED) is 0.338. The normalized spacial score (nSPS) is 11.5. The van der Waals surface area contributed by atoms with E-state index >= 15 is 0 Å². The molecule has 0 radical (unpaired) electrons. The number of aromatic nitrogens is 4. The van der Waals surface area contributed by atoms with Crippen LogP contribution in [0.1, 0.15) is 11.1 Å². The Balaban J connectivity index is 1.63. The zero-order valence-corrected chi connectivity index (χ0v) is 16.1. The second kappa shape index (κ2) is 6.84. The Labute approximate surface area is 162 Å². The Hall–Kier alpha value is -3.20. The molecule has 0 amide bonds. The summed E-state index contributed by atoms with van der Waals surface area (Å²) in [5, 5.41) is 23.5. The third-order valence-electron chi connectivity index (χ3n) is 4.12. The van der Waals surface area contributed by atoms with Crippen molar-refractivity contribution in [3.05, 3.63) is 45.9 Å². The molecule has 8 nitrogen and oxygen atoms in total. The fourth-order valence-electron chi connectivity index (χ4n) is 2.80. The molecule has 0 aliphatic carbocycles. The highest BCUT2D eigenvalue weighted by Gasteiger charge is 2.11. The molecule has 0 unspecified atom stereocenters. The first kappa shape index (κ1) is 17.2. The van der Waals surface area contributed by atoms with Crippen molar-refractivity contribution in [2.24, 2.45) is 5.10 Å². The molecule has 2 aromatic carbocycles. The molecule has 9 heteroatoms. The Morgan fingerprint density at radius 1 is 1.30 bits per heavy atom. The van der Waals surface area contributed by atoms with E-state index in [0.29, 0.717) is 22.5 Å². The number of rotatable bonds is 4. The Bertz CT molecular complexity index is 1190. The molecule has 0 bridgehead atoms. The zero-order valence-electron chi connectivity index (χ0n) is 14.5. The number of hydrazone groups is 1. The summed E-state index contributed by atoms with van der Waals surface area (Å²) in [7, 11) is 1.48. The SMILES string of the molecule is COc1cc(Br)cc(C=NNc2nnc3c(n2)[nH]c2c(C)cccc23)c1O. The number of hydrogen-bond donors (Lipinski definition) is 3. The van der Waals surface area contributed by atoms with Gasteiger partial charge in [-0.3, -0.25) is 0 Å². The Morgan fingerprint density at radius 2 is 2.15 bits per heavy atom. The van der Waals surface area contributed by atoms with Crippen molar-refractivity contribution in [1.29, 1.82) is 0 Å². The minimum absolute atomic E-state index is 0.00756. The molecular weight excluding hydrogens is 412 g/mol. The van der Waals surface area contributed by atoms with Crippen molar-refractivity contribution in [3.63, 3.8) is 0 Å². The van der Waals surface area contributed by atoms with Gasteiger partial charge in [0.15, 0.2) is 17.1 Å². The van der Waals surface area contributed by atoms with E-state index in [9.17, 15) is 5.11 Å². The summed E-state index contributed by atoms with van der Waals surface area (Å²) in [6, 6.07) is 9.35. The molecule has 0 saturated heterocycles. The fraction of sp³-hybridized carbons (Fsp3) is 0.111. The third-order valence-corrected chi connectivity index (χ3v) is 4.57. The lowest BCUT2D eigenvalue weighted by molar-refractivity contribution is 0.373.